The molecule has 0 N–H and O–H groups in total. The van der Waals surface area contributed by atoms with Crippen molar-refractivity contribution in [1.29, 1.82) is 0 Å². The van der Waals surface area contributed by atoms with Gasteiger partial charge in [0.1, 0.15) is 5.82 Å². The third kappa shape index (κ3) is 3.68. The van der Waals surface area contributed by atoms with Gasteiger partial charge in [-0.3, -0.25) is 4.79 Å². The highest BCUT2D eigenvalue weighted by Crippen LogP contribution is 2.68. The number of carbonyl (C=O) groups is 1. The maximum absolute atomic E-state index is 13.2. The Morgan fingerprint density at radius 2 is 1.69 bits per heavy atom. The summed E-state index contributed by atoms with van der Waals surface area (Å²) in [5, 5.41) is 0. The Bertz CT molecular complexity index is 830. The van der Waals surface area contributed by atoms with Gasteiger partial charge in [0.05, 0.1) is 0 Å². The number of ketones is 1. The Balaban J connectivity index is 1.25. The minimum Gasteiger partial charge on any atom is -0.294 e. The summed E-state index contributed by atoms with van der Waals surface area (Å²) >= 11 is 0. The highest BCUT2D eigenvalue weighted by Gasteiger charge is 2.60. The van der Waals surface area contributed by atoms with Crippen LogP contribution in [0, 0.1) is 52.2 Å². The van der Waals surface area contributed by atoms with Gasteiger partial charge in [0.15, 0.2) is 5.78 Å². The SMILES string of the molecule is C[C@H](CCC(=O)c1ccc(F)cc1)[C@H]1CC[C@H]2[C@@H]3CCC4CCCC[C@]4(C)[C@H]3CC[C@]12C. The summed E-state index contributed by atoms with van der Waals surface area (Å²) in [7, 11) is 0. The van der Waals surface area contributed by atoms with Crippen LogP contribution >= 0.6 is 0 Å². The van der Waals surface area contributed by atoms with E-state index in [-0.39, 0.29) is 11.6 Å². The molecule has 0 bridgehead atoms. The fourth-order valence-electron chi connectivity index (χ4n) is 9.61. The Labute approximate surface area is 194 Å². The lowest BCUT2D eigenvalue weighted by Gasteiger charge is -2.61. The summed E-state index contributed by atoms with van der Waals surface area (Å²) in [4.78, 5) is 12.7. The monoisotopic (exact) mass is 438 g/mol. The van der Waals surface area contributed by atoms with Crippen LogP contribution in [-0.4, -0.2) is 5.78 Å². The second-order valence-electron chi connectivity index (χ2n) is 12.6. The highest BCUT2D eigenvalue weighted by molar-refractivity contribution is 5.95. The molecule has 1 aromatic carbocycles. The number of fused-ring (bicyclic) bond motifs is 5. The number of halogens is 1. The molecule has 0 aliphatic heterocycles. The first kappa shape index (κ1) is 22.6. The molecule has 4 aliphatic carbocycles. The van der Waals surface area contributed by atoms with Gasteiger partial charge >= 0.3 is 0 Å². The number of hydrogen-bond acceptors (Lipinski definition) is 1. The molecule has 1 unspecified atom stereocenters. The Hall–Kier alpha value is -1.18. The quantitative estimate of drug-likeness (QED) is 0.421. The van der Waals surface area contributed by atoms with Crippen molar-refractivity contribution in [2.75, 3.05) is 0 Å². The normalized spacial score (nSPS) is 41.9. The molecule has 0 amide bonds. The van der Waals surface area contributed by atoms with E-state index in [2.05, 4.69) is 20.8 Å². The van der Waals surface area contributed by atoms with Gasteiger partial charge in [-0.05, 0) is 128 Å². The predicted molar refractivity (Wildman–Crippen MR) is 129 cm³/mol. The van der Waals surface area contributed by atoms with E-state index in [1.807, 2.05) is 0 Å². The van der Waals surface area contributed by atoms with E-state index in [1.54, 1.807) is 12.1 Å². The third-order valence-electron chi connectivity index (χ3n) is 11.3. The third-order valence-corrected chi connectivity index (χ3v) is 11.3. The zero-order chi connectivity index (χ0) is 22.5. The molecular weight excluding hydrogens is 395 g/mol. The lowest BCUT2D eigenvalue weighted by atomic mass is 9.44. The summed E-state index contributed by atoms with van der Waals surface area (Å²) in [5.41, 5.74) is 1.75. The molecule has 0 aromatic heterocycles. The number of benzene rings is 1. The van der Waals surface area contributed by atoms with E-state index in [9.17, 15) is 9.18 Å². The van der Waals surface area contributed by atoms with Crippen molar-refractivity contribution in [2.45, 2.75) is 97.8 Å². The van der Waals surface area contributed by atoms with Crippen molar-refractivity contribution in [3.8, 4) is 0 Å². The average Bonchev–Trinajstić information content (AvgIpc) is 3.14. The fraction of sp³-hybridized carbons (Fsp3) is 0.767. The molecule has 0 radical (unpaired) electrons. The molecule has 5 rings (SSSR count). The van der Waals surface area contributed by atoms with E-state index in [0.29, 0.717) is 28.7 Å². The van der Waals surface area contributed by atoms with E-state index in [1.165, 1.54) is 76.3 Å². The van der Waals surface area contributed by atoms with Crippen LogP contribution in [-0.2, 0) is 0 Å². The molecule has 0 saturated heterocycles. The lowest BCUT2D eigenvalue weighted by molar-refractivity contribution is -0.114. The molecule has 1 nitrogen and oxygen atoms in total. The zero-order valence-electron chi connectivity index (χ0n) is 20.5. The van der Waals surface area contributed by atoms with Gasteiger partial charge in [-0.1, -0.05) is 33.6 Å². The minimum atomic E-state index is -0.272. The van der Waals surface area contributed by atoms with Crippen molar-refractivity contribution in [2.24, 2.45) is 46.3 Å². The van der Waals surface area contributed by atoms with E-state index in [0.717, 1.165) is 36.0 Å². The number of rotatable bonds is 5. The average molecular weight is 439 g/mol. The van der Waals surface area contributed by atoms with Crippen LogP contribution in [0.1, 0.15) is 108 Å². The maximum atomic E-state index is 13.2. The Kier molecular flexibility index (Phi) is 6.04. The van der Waals surface area contributed by atoms with Crippen molar-refractivity contribution >= 4 is 5.78 Å². The summed E-state index contributed by atoms with van der Waals surface area (Å²) < 4.78 is 13.2. The van der Waals surface area contributed by atoms with Gasteiger partial charge in [0.25, 0.3) is 0 Å². The van der Waals surface area contributed by atoms with Crippen LogP contribution < -0.4 is 0 Å². The second-order valence-corrected chi connectivity index (χ2v) is 12.6. The summed E-state index contributed by atoms with van der Waals surface area (Å²) in [5.74, 6) is 5.06. The van der Waals surface area contributed by atoms with E-state index < -0.39 is 0 Å². The molecule has 4 aliphatic rings. The van der Waals surface area contributed by atoms with E-state index >= 15 is 0 Å². The van der Waals surface area contributed by atoms with Crippen LogP contribution in [0.5, 0.6) is 0 Å². The van der Waals surface area contributed by atoms with Gasteiger partial charge in [-0.25, -0.2) is 4.39 Å². The first-order chi connectivity index (χ1) is 15.3. The van der Waals surface area contributed by atoms with Crippen LogP contribution in [0.4, 0.5) is 4.39 Å². The smallest absolute Gasteiger partial charge is 0.162 e. The standard InChI is InChI=1S/C30H43FO/c1-20(7-16-28(32)21-8-11-23(31)12-9-21)25-14-15-26-24-13-10-22-6-4-5-18-29(22,2)27(24)17-19-30(25,26)3/h8-9,11-12,20,22,24-27H,4-7,10,13-19H2,1-3H3/t20-,22?,24+,25-,26+,27+,29+,30-/m1/s1. The van der Waals surface area contributed by atoms with Crippen LogP contribution in [0.2, 0.25) is 0 Å². The molecule has 32 heavy (non-hydrogen) atoms. The van der Waals surface area contributed by atoms with Crippen molar-refractivity contribution in [3.63, 3.8) is 0 Å². The fourth-order valence-corrected chi connectivity index (χ4v) is 9.61. The number of carbonyl (C=O) groups excluding carboxylic acids is 1. The summed E-state index contributed by atoms with van der Waals surface area (Å²) in [6.07, 6.45) is 16.0. The van der Waals surface area contributed by atoms with Crippen LogP contribution in [0.15, 0.2) is 24.3 Å². The maximum Gasteiger partial charge on any atom is 0.162 e. The van der Waals surface area contributed by atoms with Crippen molar-refractivity contribution < 1.29 is 9.18 Å². The molecule has 8 atom stereocenters. The summed E-state index contributed by atoms with van der Waals surface area (Å²) in [6, 6.07) is 6.08. The van der Waals surface area contributed by atoms with Crippen molar-refractivity contribution in [3.05, 3.63) is 35.6 Å². The molecule has 4 saturated carbocycles. The first-order valence-corrected chi connectivity index (χ1v) is 13.6. The number of hydrogen-bond donors (Lipinski definition) is 0. The predicted octanol–water partition coefficient (Wildman–Crippen LogP) is 8.47. The summed E-state index contributed by atoms with van der Waals surface area (Å²) in [6.45, 7) is 7.70. The zero-order valence-corrected chi connectivity index (χ0v) is 20.5. The van der Waals surface area contributed by atoms with Gasteiger partial charge in [0.2, 0.25) is 0 Å². The van der Waals surface area contributed by atoms with Crippen LogP contribution in [0.25, 0.3) is 0 Å². The molecule has 4 fully saturated rings. The lowest BCUT2D eigenvalue weighted by Crippen LogP contribution is -2.53. The highest BCUT2D eigenvalue weighted by atomic mass is 19.1. The van der Waals surface area contributed by atoms with Crippen LogP contribution in [0.3, 0.4) is 0 Å². The molecule has 176 valence electrons. The molecule has 0 spiro atoms. The Morgan fingerprint density at radius 1 is 0.938 bits per heavy atom. The second kappa shape index (κ2) is 8.55. The molecular formula is C30H43FO. The topological polar surface area (TPSA) is 17.1 Å². The van der Waals surface area contributed by atoms with Gasteiger partial charge in [-0.2, -0.15) is 0 Å². The van der Waals surface area contributed by atoms with E-state index in [4.69, 9.17) is 0 Å². The van der Waals surface area contributed by atoms with Gasteiger partial charge < -0.3 is 0 Å². The minimum absolute atomic E-state index is 0.170. The van der Waals surface area contributed by atoms with Gasteiger partial charge in [-0.15, -0.1) is 0 Å². The number of Topliss-reactive ketones (excluding diaryl/α,β-unsaturated/α-hetero) is 1. The Morgan fingerprint density at radius 3 is 2.47 bits per heavy atom. The molecule has 0 heterocycles. The molecule has 2 heteroatoms. The molecule has 1 aromatic rings. The van der Waals surface area contributed by atoms with Gasteiger partial charge in [0, 0.05) is 12.0 Å². The van der Waals surface area contributed by atoms with Crippen molar-refractivity contribution in [1.82, 2.24) is 0 Å². The largest absolute Gasteiger partial charge is 0.294 e. The first-order valence-electron chi connectivity index (χ1n) is 13.6.